The van der Waals surface area contributed by atoms with Crippen LogP contribution in [0.4, 0.5) is 5.69 Å². The summed E-state index contributed by atoms with van der Waals surface area (Å²) in [7, 11) is -2.65. The topological polar surface area (TPSA) is 133 Å². The maximum Gasteiger partial charge on any atom is 0.338 e. The van der Waals surface area contributed by atoms with Gasteiger partial charge in [0.15, 0.2) is 5.78 Å². The minimum Gasteiger partial charge on any atom is -0.466 e. The lowest BCUT2D eigenvalue weighted by molar-refractivity contribution is -0.136. The first-order valence-corrected chi connectivity index (χ1v) is 12.8. The number of esters is 1. The van der Waals surface area contributed by atoms with Gasteiger partial charge >= 0.3 is 5.97 Å². The first kappa shape index (κ1) is 25.0. The Hall–Kier alpha value is -3.14. The Labute approximate surface area is 209 Å². The SMILES string of the molecule is COC(=O)C1=C(N)N(c2ccc(S(N)(=O)=O)cc2)C2=C(C(=O)CC(C)(C)C2)C1c1ccc(Cl)cc1. The number of nitrogens with zero attached hydrogens (tertiary/aromatic N) is 1. The van der Waals surface area contributed by atoms with Gasteiger partial charge in [0.05, 0.1) is 23.5 Å². The number of rotatable bonds is 4. The summed E-state index contributed by atoms with van der Waals surface area (Å²) in [6.07, 6.45) is 0.798. The zero-order valence-corrected chi connectivity index (χ0v) is 21.1. The number of methoxy groups -OCH3 is 1. The van der Waals surface area contributed by atoms with Gasteiger partial charge in [0.25, 0.3) is 0 Å². The van der Waals surface area contributed by atoms with Crippen molar-refractivity contribution < 1.29 is 22.7 Å². The van der Waals surface area contributed by atoms with Crippen molar-refractivity contribution in [3.05, 3.63) is 81.8 Å². The van der Waals surface area contributed by atoms with Gasteiger partial charge in [-0.15, -0.1) is 0 Å². The monoisotopic (exact) mass is 515 g/mol. The number of benzene rings is 2. The van der Waals surface area contributed by atoms with Crippen molar-refractivity contribution in [3.8, 4) is 0 Å². The molecule has 1 atom stereocenters. The standard InChI is InChI=1S/C25H26ClN3O5S/c1-25(2)12-18-21(19(30)13-25)20(14-4-6-15(26)7-5-14)22(24(31)34-3)23(27)29(18)16-8-10-17(11-9-16)35(28,32)33/h4-11,20H,12-13,27H2,1-3H3,(H2,28,32,33). The van der Waals surface area contributed by atoms with Gasteiger partial charge in [-0.25, -0.2) is 18.4 Å². The molecule has 2 aromatic carbocycles. The molecule has 4 N–H and O–H groups in total. The van der Waals surface area contributed by atoms with E-state index in [-0.39, 0.29) is 27.5 Å². The second kappa shape index (κ2) is 8.82. The lowest BCUT2D eigenvalue weighted by atomic mass is 9.68. The molecule has 35 heavy (non-hydrogen) atoms. The van der Waals surface area contributed by atoms with Gasteiger partial charge in [-0.05, 0) is 53.8 Å². The van der Waals surface area contributed by atoms with Crippen molar-refractivity contribution in [1.82, 2.24) is 0 Å². The molecule has 2 aliphatic rings. The van der Waals surface area contributed by atoms with Crippen molar-refractivity contribution in [1.29, 1.82) is 0 Å². The molecule has 8 nitrogen and oxygen atoms in total. The van der Waals surface area contributed by atoms with E-state index in [1.54, 1.807) is 41.3 Å². The summed E-state index contributed by atoms with van der Waals surface area (Å²) in [4.78, 5) is 28.2. The number of primary sulfonamides is 1. The summed E-state index contributed by atoms with van der Waals surface area (Å²) in [5, 5.41) is 5.76. The smallest absolute Gasteiger partial charge is 0.338 e. The summed E-state index contributed by atoms with van der Waals surface area (Å²) in [6, 6.07) is 12.7. The van der Waals surface area contributed by atoms with Crippen molar-refractivity contribution in [2.45, 2.75) is 37.5 Å². The molecule has 0 spiro atoms. The molecule has 4 rings (SSSR count). The molecule has 0 bridgehead atoms. The number of carbonyl (C=O) groups is 2. The maximum atomic E-state index is 13.6. The average molecular weight is 516 g/mol. The third kappa shape index (κ3) is 4.59. The highest BCUT2D eigenvalue weighted by Gasteiger charge is 2.46. The highest BCUT2D eigenvalue weighted by Crippen LogP contribution is 2.50. The van der Waals surface area contributed by atoms with E-state index >= 15 is 0 Å². The summed E-state index contributed by atoms with van der Waals surface area (Å²) in [5.74, 6) is -1.41. The van der Waals surface area contributed by atoms with Gasteiger partial charge in [-0.2, -0.15) is 0 Å². The Kier molecular flexibility index (Phi) is 6.29. The van der Waals surface area contributed by atoms with Gasteiger partial charge in [0, 0.05) is 28.4 Å². The molecule has 1 unspecified atom stereocenters. The van der Waals surface area contributed by atoms with Crippen LogP contribution in [0.2, 0.25) is 5.02 Å². The Balaban J connectivity index is 2.00. The number of Topliss-reactive ketones (excluding diaryl/α,β-unsaturated/α-hetero) is 1. The van der Waals surface area contributed by atoms with E-state index in [1.165, 1.54) is 19.2 Å². The fourth-order valence-electron chi connectivity index (χ4n) is 4.79. The second-order valence-corrected chi connectivity index (χ2v) is 11.4. The largest absolute Gasteiger partial charge is 0.466 e. The van der Waals surface area contributed by atoms with Crippen LogP contribution >= 0.6 is 11.6 Å². The molecule has 0 aromatic heterocycles. The number of sulfonamides is 1. The highest BCUT2D eigenvalue weighted by molar-refractivity contribution is 7.89. The molecule has 2 aromatic rings. The van der Waals surface area contributed by atoms with Crippen molar-refractivity contribution in [3.63, 3.8) is 0 Å². The quantitative estimate of drug-likeness (QED) is 0.594. The molecule has 1 aliphatic heterocycles. The predicted molar refractivity (Wildman–Crippen MR) is 133 cm³/mol. The minimum atomic E-state index is -3.90. The van der Waals surface area contributed by atoms with Crippen molar-refractivity contribution >= 4 is 39.1 Å². The zero-order chi connectivity index (χ0) is 25.7. The zero-order valence-electron chi connectivity index (χ0n) is 19.5. The molecule has 0 saturated heterocycles. The van der Waals surface area contributed by atoms with Gasteiger partial charge in [-0.1, -0.05) is 37.6 Å². The van der Waals surface area contributed by atoms with Crippen LogP contribution in [-0.2, 0) is 24.3 Å². The molecular formula is C25H26ClN3O5S. The molecular weight excluding hydrogens is 490 g/mol. The van der Waals surface area contributed by atoms with E-state index in [4.69, 9.17) is 27.2 Å². The van der Waals surface area contributed by atoms with Crippen LogP contribution in [0.15, 0.2) is 76.1 Å². The van der Waals surface area contributed by atoms with E-state index in [9.17, 15) is 18.0 Å². The number of anilines is 1. The second-order valence-electron chi connectivity index (χ2n) is 9.45. The van der Waals surface area contributed by atoms with Gasteiger partial charge in [0.1, 0.15) is 5.82 Å². The Morgan fingerprint density at radius 3 is 2.23 bits per heavy atom. The molecule has 1 heterocycles. The Bertz CT molecular complexity index is 1380. The summed E-state index contributed by atoms with van der Waals surface area (Å²) < 4.78 is 28.6. The number of ketones is 1. The summed E-state index contributed by atoms with van der Waals surface area (Å²) in [6.45, 7) is 3.98. The number of hydrogen-bond acceptors (Lipinski definition) is 7. The number of nitrogens with two attached hydrogens (primary N) is 2. The first-order chi connectivity index (χ1) is 16.3. The lowest BCUT2D eigenvalue weighted by Gasteiger charge is -2.44. The van der Waals surface area contributed by atoms with E-state index in [1.807, 2.05) is 13.8 Å². The van der Waals surface area contributed by atoms with E-state index < -0.39 is 21.9 Å². The van der Waals surface area contributed by atoms with Crippen LogP contribution in [0.3, 0.4) is 0 Å². The van der Waals surface area contributed by atoms with Gasteiger partial charge in [0.2, 0.25) is 10.0 Å². The molecule has 0 radical (unpaired) electrons. The Morgan fingerprint density at radius 1 is 1.09 bits per heavy atom. The van der Waals surface area contributed by atoms with Gasteiger partial charge < -0.3 is 10.5 Å². The number of ether oxygens (including phenoxy) is 1. The number of allylic oxidation sites excluding steroid dienone is 2. The molecule has 184 valence electrons. The van der Waals surface area contributed by atoms with Crippen LogP contribution in [0, 0.1) is 5.41 Å². The normalized spacial score (nSPS) is 20.1. The van der Waals surface area contributed by atoms with Crippen LogP contribution in [-0.4, -0.2) is 27.3 Å². The first-order valence-electron chi connectivity index (χ1n) is 10.9. The lowest BCUT2D eigenvalue weighted by Crippen LogP contribution is -2.43. The fraction of sp³-hybridized carbons (Fsp3) is 0.280. The number of carbonyl (C=O) groups excluding carboxylic acids is 2. The number of halogens is 1. The third-order valence-electron chi connectivity index (χ3n) is 6.29. The summed E-state index contributed by atoms with van der Waals surface area (Å²) >= 11 is 6.09. The Morgan fingerprint density at radius 2 is 1.69 bits per heavy atom. The van der Waals surface area contributed by atoms with E-state index in [2.05, 4.69) is 0 Å². The molecule has 0 amide bonds. The van der Waals surface area contributed by atoms with Gasteiger partial charge in [-0.3, -0.25) is 9.69 Å². The van der Waals surface area contributed by atoms with Crippen molar-refractivity contribution in [2.24, 2.45) is 16.3 Å². The van der Waals surface area contributed by atoms with Crippen molar-refractivity contribution in [2.75, 3.05) is 12.0 Å². The van der Waals surface area contributed by atoms with E-state index in [0.717, 1.165) is 0 Å². The van der Waals surface area contributed by atoms with Crippen LogP contribution in [0.1, 0.15) is 38.2 Å². The third-order valence-corrected chi connectivity index (χ3v) is 7.47. The highest BCUT2D eigenvalue weighted by atomic mass is 35.5. The van der Waals surface area contributed by atoms with Crippen LogP contribution in [0.25, 0.3) is 0 Å². The molecule has 1 aliphatic carbocycles. The predicted octanol–water partition coefficient (Wildman–Crippen LogP) is 3.58. The summed E-state index contributed by atoms with van der Waals surface area (Å²) in [5.41, 5.74) is 8.69. The number of hydrogen-bond donors (Lipinski definition) is 2. The average Bonchev–Trinajstić information content (AvgIpc) is 2.77. The molecule has 0 saturated carbocycles. The van der Waals surface area contributed by atoms with E-state index in [0.29, 0.717) is 40.4 Å². The molecule has 10 heteroatoms. The molecule has 0 fully saturated rings. The fourth-order valence-corrected chi connectivity index (χ4v) is 5.43. The van der Waals surface area contributed by atoms with Crippen LogP contribution < -0.4 is 15.8 Å². The minimum absolute atomic E-state index is 0.0673. The van der Waals surface area contributed by atoms with Crippen LogP contribution in [0.5, 0.6) is 0 Å². The maximum absolute atomic E-state index is 13.6.